The van der Waals surface area contributed by atoms with Gasteiger partial charge < -0.3 is 10.1 Å². The Hall–Kier alpha value is -3.33. The van der Waals surface area contributed by atoms with Gasteiger partial charge in [0.15, 0.2) is 0 Å². The first kappa shape index (κ1) is 25.8. The van der Waals surface area contributed by atoms with Crippen LogP contribution in [0.1, 0.15) is 23.7 Å². The molecule has 1 heterocycles. The highest BCUT2D eigenvalue weighted by Gasteiger charge is 2.41. The van der Waals surface area contributed by atoms with Gasteiger partial charge in [0.25, 0.3) is 11.8 Å². The Morgan fingerprint density at radius 1 is 1.03 bits per heavy atom. The third-order valence-corrected chi connectivity index (χ3v) is 6.70. The number of carbonyl (C=O) groups is 3. The summed E-state index contributed by atoms with van der Waals surface area (Å²) in [6.07, 6.45) is 0.618. The third-order valence-electron chi connectivity index (χ3n) is 5.07. The van der Waals surface area contributed by atoms with E-state index in [1.54, 1.807) is 36.4 Å². The molecule has 2 amide bonds. The van der Waals surface area contributed by atoms with Crippen LogP contribution in [0.15, 0.2) is 82.2 Å². The Bertz CT molecular complexity index is 1380. The average Bonchev–Trinajstić information content (AvgIpc) is 3.09. The van der Waals surface area contributed by atoms with Crippen LogP contribution in [-0.2, 0) is 14.3 Å². The molecule has 0 bridgehead atoms. The molecule has 184 valence electrons. The van der Waals surface area contributed by atoms with E-state index in [4.69, 9.17) is 27.9 Å². The topological polar surface area (TPSA) is 75.7 Å². The number of halogens is 3. The number of nitrogens with one attached hydrogen (secondary N) is 1. The van der Waals surface area contributed by atoms with Crippen molar-refractivity contribution in [1.29, 1.82) is 0 Å². The van der Waals surface area contributed by atoms with Crippen LogP contribution in [0, 0.1) is 5.82 Å². The predicted molar refractivity (Wildman–Crippen MR) is 139 cm³/mol. The molecule has 0 aromatic heterocycles. The number of amides is 2. The fourth-order valence-electron chi connectivity index (χ4n) is 3.39. The Morgan fingerprint density at radius 3 is 2.44 bits per heavy atom. The normalized spacial score (nSPS) is 13.4. The molecule has 1 aliphatic rings. The molecule has 10 heteroatoms. The van der Waals surface area contributed by atoms with Crippen molar-refractivity contribution in [3.63, 3.8) is 0 Å². The summed E-state index contributed by atoms with van der Waals surface area (Å²) in [7, 11) is 0. The Morgan fingerprint density at radius 2 is 1.75 bits per heavy atom. The smallest absolute Gasteiger partial charge is 0.340 e. The van der Waals surface area contributed by atoms with Gasteiger partial charge >= 0.3 is 5.97 Å². The summed E-state index contributed by atoms with van der Waals surface area (Å²) in [4.78, 5) is 41.6. The standard InChI is InChI=1S/C26H19Cl2FN2O4S/c1-2-13-35-26(34)18-5-3-4-6-21(18)31-24(32)22(30-16-9-12-20(29)19(28)14-16)23(25(31)33)36-17-10-7-15(27)8-11-17/h3-12,14,30H,2,13H2,1H3. The lowest BCUT2D eigenvalue weighted by molar-refractivity contribution is -0.120. The number of para-hydroxylation sites is 1. The summed E-state index contributed by atoms with van der Waals surface area (Å²) < 4.78 is 18.9. The van der Waals surface area contributed by atoms with Crippen LogP contribution in [0.4, 0.5) is 15.8 Å². The minimum Gasteiger partial charge on any atom is -0.462 e. The van der Waals surface area contributed by atoms with E-state index in [9.17, 15) is 18.8 Å². The Labute approximate surface area is 221 Å². The Balaban J connectivity index is 1.76. The van der Waals surface area contributed by atoms with Gasteiger partial charge in [-0.15, -0.1) is 0 Å². The van der Waals surface area contributed by atoms with Gasteiger partial charge in [0.1, 0.15) is 16.4 Å². The molecule has 0 radical (unpaired) electrons. The highest BCUT2D eigenvalue weighted by Crippen LogP contribution is 2.39. The molecule has 0 unspecified atom stereocenters. The minimum atomic E-state index is -0.687. The second-order valence-corrected chi connectivity index (χ2v) is 9.54. The summed E-state index contributed by atoms with van der Waals surface area (Å²) >= 11 is 12.9. The summed E-state index contributed by atoms with van der Waals surface area (Å²) in [5, 5.41) is 3.28. The van der Waals surface area contributed by atoms with Gasteiger partial charge in [-0.05, 0) is 61.0 Å². The zero-order valence-corrected chi connectivity index (χ0v) is 21.2. The molecular weight excluding hydrogens is 526 g/mol. The number of hydrogen-bond acceptors (Lipinski definition) is 6. The lowest BCUT2D eigenvalue weighted by Gasteiger charge is -2.18. The van der Waals surface area contributed by atoms with Crippen LogP contribution in [0.3, 0.4) is 0 Å². The largest absolute Gasteiger partial charge is 0.462 e. The van der Waals surface area contributed by atoms with E-state index in [-0.39, 0.29) is 33.5 Å². The SMILES string of the molecule is CCCOC(=O)c1ccccc1N1C(=O)C(Nc2ccc(F)c(Cl)c2)=C(Sc2ccc(Cl)cc2)C1=O. The van der Waals surface area contributed by atoms with Gasteiger partial charge in [-0.3, -0.25) is 9.59 Å². The van der Waals surface area contributed by atoms with E-state index in [0.29, 0.717) is 22.0 Å². The van der Waals surface area contributed by atoms with Gasteiger partial charge in [0, 0.05) is 15.6 Å². The van der Waals surface area contributed by atoms with Gasteiger partial charge in [0.05, 0.1) is 22.9 Å². The molecule has 1 aliphatic heterocycles. The van der Waals surface area contributed by atoms with E-state index in [2.05, 4.69) is 5.32 Å². The molecule has 1 N–H and O–H groups in total. The maximum Gasteiger partial charge on any atom is 0.340 e. The molecule has 0 aliphatic carbocycles. The van der Waals surface area contributed by atoms with Crippen molar-refractivity contribution in [2.24, 2.45) is 0 Å². The van der Waals surface area contributed by atoms with E-state index in [1.807, 2.05) is 6.92 Å². The van der Waals surface area contributed by atoms with Crippen LogP contribution >= 0.6 is 35.0 Å². The fourth-order valence-corrected chi connectivity index (χ4v) is 4.62. The van der Waals surface area contributed by atoms with E-state index in [1.165, 1.54) is 24.3 Å². The molecule has 6 nitrogen and oxygen atoms in total. The second-order valence-electron chi connectivity index (χ2n) is 7.61. The summed E-state index contributed by atoms with van der Waals surface area (Å²) in [6, 6.07) is 16.8. The molecule has 0 saturated heterocycles. The predicted octanol–water partition coefficient (Wildman–Crippen LogP) is 6.69. The summed E-state index contributed by atoms with van der Waals surface area (Å²) in [5.41, 5.74) is 0.440. The maximum atomic E-state index is 13.7. The molecule has 0 fully saturated rings. The zero-order chi connectivity index (χ0) is 25.8. The highest BCUT2D eigenvalue weighted by atomic mass is 35.5. The van der Waals surface area contributed by atoms with Crippen LogP contribution in [-0.4, -0.2) is 24.4 Å². The number of anilines is 2. The summed E-state index contributed by atoms with van der Waals surface area (Å²) in [6.45, 7) is 2.06. The van der Waals surface area contributed by atoms with Crippen molar-refractivity contribution in [1.82, 2.24) is 0 Å². The van der Waals surface area contributed by atoms with Crippen molar-refractivity contribution >= 4 is 64.1 Å². The number of nitrogens with zero attached hydrogens (tertiary/aromatic N) is 1. The molecule has 36 heavy (non-hydrogen) atoms. The van der Waals surface area contributed by atoms with Crippen molar-refractivity contribution < 1.29 is 23.5 Å². The lowest BCUT2D eigenvalue weighted by atomic mass is 10.1. The first-order valence-electron chi connectivity index (χ1n) is 10.8. The van der Waals surface area contributed by atoms with Gasteiger partial charge in [-0.25, -0.2) is 14.1 Å². The first-order chi connectivity index (χ1) is 17.3. The minimum absolute atomic E-state index is 0.0423. The van der Waals surface area contributed by atoms with Crippen LogP contribution in [0.25, 0.3) is 0 Å². The number of imide groups is 1. The number of thioether (sulfide) groups is 1. The van der Waals surface area contributed by atoms with Gasteiger partial charge in [0.2, 0.25) is 0 Å². The second kappa shape index (κ2) is 11.2. The van der Waals surface area contributed by atoms with E-state index < -0.39 is 23.6 Å². The number of esters is 1. The van der Waals surface area contributed by atoms with E-state index in [0.717, 1.165) is 22.7 Å². The van der Waals surface area contributed by atoms with Gasteiger partial charge in [-0.2, -0.15) is 0 Å². The molecule has 4 rings (SSSR count). The number of rotatable bonds is 8. The zero-order valence-electron chi connectivity index (χ0n) is 18.9. The molecule has 0 atom stereocenters. The number of ether oxygens (including phenoxy) is 1. The van der Waals surface area contributed by atoms with Crippen molar-refractivity contribution in [2.75, 3.05) is 16.8 Å². The fraction of sp³-hybridized carbons (Fsp3) is 0.115. The molecular formula is C26H19Cl2FN2O4S. The molecule has 3 aromatic rings. The van der Waals surface area contributed by atoms with Crippen LogP contribution in [0.2, 0.25) is 10.0 Å². The van der Waals surface area contributed by atoms with Crippen molar-refractivity contribution in [3.05, 3.63) is 98.8 Å². The van der Waals surface area contributed by atoms with Crippen molar-refractivity contribution in [2.45, 2.75) is 18.2 Å². The lowest BCUT2D eigenvalue weighted by Crippen LogP contribution is -2.33. The quantitative estimate of drug-likeness (QED) is 0.251. The maximum absolute atomic E-state index is 13.7. The average molecular weight is 545 g/mol. The highest BCUT2D eigenvalue weighted by molar-refractivity contribution is 8.04. The monoisotopic (exact) mass is 544 g/mol. The molecule has 0 spiro atoms. The first-order valence-corrected chi connectivity index (χ1v) is 12.4. The van der Waals surface area contributed by atoms with Crippen molar-refractivity contribution in [3.8, 4) is 0 Å². The van der Waals surface area contributed by atoms with Gasteiger partial charge in [-0.1, -0.05) is 54.0 Å². The number of carbonyl (C=O) groups excluding carboxylic acids is 3. The van der Waals surface area contributed by atoms with Crippen LogP contribution < -0.4 is 10.2 Å². The third kappa shape index (κ3) is 5.41. The van der Waals surface area contributed by atoms with E-state index >= 15 is 0 Å². The summed E-state index contributed by atoms with van der Waals surface area (Å²) in [5.74, 6) is -2.59. The Kier molecular flexibility index (Phi) is 7.98. The van der Waals surface area contributed by atoms with Crippen LogP contribution in [0.5, 0.6) is 0 Å². The molecule has 0 saturated carbocycles. The number of benzene rings is 3. The molecule has 3 aromatic carbocycles. The number of hydrogen-bond donors (Lipinski definition) is 1.